The number of thiol groups is 1. The Kier molecular flexibility index (Phi) is 13.4. The number of nitrogens with one attached hydrogen (secondary N) is 4. The van der Waals surface area contributed by atoms with Crippen molar-refractivity contribution >= 4 is 36.3 Å². The lowest BCUT2D eigenvalue weighted by molar-refractivity contribution is -0.134. The van der Waals surface area contributed by atoms with Crippen LogP contribution in [0.2, 0.25) is 0 Å². The lowest BCUT2D eigenvalue weighted by atomic mass is 10.00. The third-order valence-corrected chi connectivity index (χ3v) is 6.04. The summed E-state index contributed by atoms with van der Waals surface area (Å²) >= 11 is 3.95. The van der Waals surface area contributed by atoms with Crippen molar-refractivity contribution in [3.8, 4) is 5.75 Å². The molecule has 0 spiro atoms. The fourth-order valence-electron chi connectivity index (χ4n) is 3.22. The van der Waals surface area contributed by atoms with Gasteiger partial charge in [0.2, 0.25) is 23.6 Å². The lowest BCUT2D eigenvalue weighted by Crippen LogP contribution is -2.60. The minimum atomic E-state index is -1.13. The number of amides is 4. The quantitative estimate of drug-likeness (QED) is 0.122. The average Bonchev–Trinajstić information content (AvgIpc) is 2.84. The van der Waals surface area contributed by atoms with Gasteiger partial charge in [-0.05, 0) is 37.5 Å². The summed E-state index contributed by atoms with van der Waals surface area (Å²) in [7, 11) is 0. The van der Waals surface area contributed by atoms with Gasteiger partial charge in [0.05, 0.1) is 24.8 Å². The first-order chi connectivity index (χ1) is 17.3. The molecular formula is C24H39N5O7S. The molecule has 1 aromatic carbocycles. The molecule has 6 atom stereocenters. The predicted molar refractivity (Wildman–Crippen MR) is 141 cm³/mol. The fraction of sp³-hybridized carbons (Fsp3) is 0.583. The summed E-state index contributed by atoms with van der Waals surface area (Å²) in [6.45, 7) is 5.74. The Morgan fingerprint density at radius 3 is 1.97 bits per heavy atom. The summed E-state index contributed by atoms with van der Waals surface area (Å²) in [5.74, 6) is -2.75. The van der Waals surface area contributed by atoms with Crippen molar-refractivity contribution < 1.29 is 34.5 Å². The van der Waals surface area contributed by atoms with Gasteiger partial charge in [-0.2, -0.15) is 12.6 Å². The molecule has 0 aliphatic rings. The van der Waals surface area contributed by atoms with Gasteiger partial charge in [-0.15, -0.1) is 0 Å². The molecule has 0 fully saturated rings. The molecule has 9 N–H and O–H groups in total. The van der Waals surface area contributed by atoms with Gasteiger partial charge >= 0.3 is 0 Å². The van der Waals surface area contributed by atoms with Crippen molar-refractivity contribution in [1.29, 1.82) is 0 Å². The SMILES string of the molecule is CC(C)[C@H](NC(=O)[C@H](C)NC(=O)[C@@H](N)CS)C(=O)N[C@@H](Cc1ccc(O)cc1)C(=O)N[C@@H](CO)[C@H](C)O. The zero-order valence-electron chi connectivity index (χ0n) is 21.5. The van der Waals surface area contributed by atoms with Gasteiger partial charge in [0.15, 0.2) is 0 Å². The molecule has 0 bridgehead atoms. The van der Waals surface area contributed by atoms with E-state index < -0.39 is 66.5 Å². The van der Waals surface area contributed by atoms with Crippen molar-refractivity contribution in [2.24, 2.45) is 11.7 Å². The molecular weight excluding hydrogens is 502 g/mol. The normalized spacial score (nSPS) is 16.0. The Morgan fingerprint density at radius 1 is 0.892 bits per heavy atom. The average molecular weight is 542 g/mol. The number of nitrogens with two attached hydrogens (primary N) is 1. The van der Waals surface area contributed by atoms with E-state index in [1.165, 1.54) is 26.0 Å². The lowest BCUT2D eigenvalue weighted by Gasteiger charge is -2.28. The molecule has 0 saturated heterocycles. The second-order valence-electron chi connectivity index (χ2n) is 9.22. The van der Waals surface area contributed by atoms with Gasteiger partial charge in [0.25, 0.3) is 0 Å². The van der Waals surface area contributed by atoms with Crippen molar-refractivity contribution in [3.05, 3.63) is 29.8 Å². The highest BCUT2D eigenvalue weighted by molar-refractivity contribution is 7.80. The topological polar surface area (TPSA) is 203 Å². The van der Waals surface area contributed by atoms with Crippen LogP contribution in [-0.2, 0) is 25.6 Å². The number of aromatic hydroxyl groups is 1. The van der Waals surface area contributed by atoms with Crippen molar-refractivity contribution in [3.63, 3.8) is 0 Å². The van der Waals surface area contributed by atoms with Crippen LogP contribution in [0.15, 0.2) is 24.3 Å². The molecule has 208 valence electrons. The van der Waals surface area contributed by atoms with Crippen molar-refractivity contribution in [1.82, 2.24) is 21.3 Å². The number of hydrogen-bond donors (Lipinski definition) is 9. The molecule has 0 saturated carbocycles. The second-order valence-corrected chi connectivity index (χ2v) is 9.58. The Morgan fingerprint density at radius 2 is 1.49 bits per heavy atom. The number of rotatable bonds is 14. The standard InChI is InChI=1S/C24H39N5O7S/c1-12(2)20(29-21(33)13(3)26-22(34)17(25)11-37)24(36)27-18(9-15-5-7-16(32)8-6-15)23(35)28-19(10-30)14(4)31/h5-8,12-14,17-20,30-32,37H,9-11,25H2,1-4H3,(H,26,34)(H,27,36)(H,28,35)(H,29,33)/t13-,14-,17-,18-,19-,20-/m0/s1. The van der Waals surface area contributed by atoms with Crippen LogP contribution in [0, 0.1) is 5.92 Å². The third-order valence-electron chi connectivity index (χ3n) is 5.65. The Bertz CT molecular complexity index is 913. The molecule has 1 rings (SSSR count). The van der Waals surface area contributed by atoms with E-state index in [4.69, 9.17) is 5.73 Å². The number of carbonyl (C=O) groups is 4. The van der Waals surface area contributed by atoms with E-state index in [1.54, 1.807) is 26.0 Å². The van der Waals surface area contributed by atoms with Crippen LogP contribution >= 0.6 is 12.6 Å². The summed E-state index contributed by atoms with van der Waals surface area (Å²) in [5.41, 5.74) is 6.24. The first kappa shape index (κ1) is 32.2. The largest absolute Gasteiger partial charge is 0.508 e. The first-order valence-electron chi connectivity index (χ1n) is 11.9. The maximum absolute atomic E-state index is 13.2. The fourth-order valence-corrected chi connectivity index (χ4v) is 3.39. The maximum Gasteiger partial charge on any atom is 0.243 e. The number of phenolic OH excluding ortho intramolecular Hbond substituents is 1. The van der Waals surface area contributed by atoms with Crippen LogP contribution in [0.4, 0.5) is 0 Å². The summed E-state index contributed by atoms with van der Waals surface area (Å²) in [4.78, 5) is 50.9. The molecule has 13 heteroatoms. The van der Waals surface area contributed by atoms with Gasteiger partial charge in [-0.3, -0.25) is 19.2 Å². The second kappa shape index (κ2) is 15.4. The molecule has 37 heavy (non-hydrogen) atoms. The van der Waals surface area contributed by atoms with Gasteiger partial charge in [0, 0.05) is 12.2 Å². The minimum absolute atomic E-state index is 0.0300. The molecule has 1 aromatic rings. The smallest absolute Gasteiger partial charge is 0.243 e. The Balaban J connectivity index is 3.05. The Hall–Kier alpha value is -2.87. The van der Waals surface area contributed by atoms with Gasteiger partial charge in [-0.25, -0.2) is 0 Å². The number of aliphatic hydroxyl groups is 2. The van der Waals surface area contributed by atoms with Crippen LogP contribution in [0.5, 0.6) is 5.75 Å². The highest BCUT2D eigenvalue weighted by Gasteiger charge is 2.31. The molecule has 0 heterocycles. The summed E-state index contributed by atoms with van der Waals surface area (Å²) in [6, 6.07) is 1.02. The summed E-state index contributed by atoms with van der Waals surface area (Å²) < 4.78 is 0. The van der Waals surface area contributed by atoms with Gasteiger partial charge in [0.1, 0.15) is 23.9 Å². The van der Waals surface area contributed by atoms with Crippen LogP contribution in [0.3, 0.4) is 0 Å². The number of aliphatic hydroxyl groups excluding tert-OH is 2. The summed E-state index contributed by atoms with van der Waals surface area (Å²) in [5, 5.41) is 39.0. The molecule has 12 nitrogen and oxygen atoms in total. The van der Waals surface area contributed by atoms with E-state index >= 15 is 0 Å². The predicted octanol–water partition coefficient (Wildman–Crippen LogP) is -1.82. The molecule has 0 aliphatic heterocycles. The number of carbonyl (C=O) groups excluding carboxylic acids is 4. The summed E-state index contributed by atoms with van der Waals surface area (Å²) in [6.07, 6.45) is -1.02. The molecule has 0 aromatic heterocycles. The number of hydrogen-bond acceptors (Lipinski definition) is 9. The first-order valence-corrected chi connectivity index (χ1v) is 12.6. The van der Waals surface area contributed by atoms with E-state index in [2.05, 4.69) is 33.9 Å². The van der Waals surface area contributed by atoms with Crippen molar-refractivity contribution in [2.45, 2.75) is 70.4 Å². The van der Waals surface area contributed by atoms with Crippen LogP contribution in [0.1, 0.15) is 33.3 Å². The monoisotopic (exact) mass is 541 g/mol. The van der Waals surface area contributed by atoms with Gasteiger partial charge in [-0.1, -0.05) is 26.0 Å². The molecule has 0 aliphatic carbocycles. The van der Waals surface area contributed by atoms with Crippen molar-refractivity contribution in [2.75, 3.05) is 12.4 Å². The zero-order chi connectivity index (χ0) is 28.3. The van der Waals surface area contributed by atoms with Crippen LogP contribution in [-0.4, -0.2) is 87.6 Å². The van der Waals surface area contributed by atoms with E-state index in [9.17, 15) is 34.5 Å². The zero-order valence-corrected chi connectivity index (χ0v) is 22.4. The van der Waals surface area contributed by atoms with E-state index in [1.807, 2.05) is 0 Å². The number of benzene rings is 1. The number of phenols is 1. The molecule has 0 radical (unpaired) electrons. The van der Waals surface area contributed by atoms with E-state index in [-0.39, 0.29) is 23.8 Å². The maximum atomic E-state index is 13.2. The molecule has 4 amide bonds. The molecule has 0 unspecified atom stereocenters. The highest BCUT2D eigenvalue weighted by Crippen LogP contribution is 2.12. The third kappa shape index (κ3) is 10.6. The van der Waals surface area contributed by atoms with E-state index in [0.717, 1.165) is 0 Å². The van der Waals surface area contributed by atoms with E-state index in [0.29, 0.717) is 5.56 Å². The highest BCUT2D eigenvalue weighted by atomic mass is 32.1. The van der Waals surface area contributed by atoms with Crippen LogP contribution in [0.25, 0.3) is 0 Å². The van der Waals surface area contributed by atoms with Crippen LogP contribution < -0.4 is 27.0 Å². The minimum Gasteiger partial charge on any atom is -0.508 e. The Labute approximate surface area is 222 Å². The van der Waals surface area contributed by atoms with Gasteiger partial charge < -0.3 is 42.3 Å².